The van der Waals surface area contributed by atoms with E-state index in [2.05, 4.69) is 23.3 Å². The average molecular weight is 346 g/mol. The molecule has 4 rings (SSSR count). The van der Waals surface area contributed by atoms with E-state index in [0.717, 1.165) is 39.5 Å². The van der Waals surface area contributed by atoms with E-state index in [0.29, 0.717) is 6.54 Å². The summed E-state index contributed by atoms with van der Waals surface area (Å²) in [6.45, 7) is 2.80. The first-order chi connectivity index (χ1) is 12.3. The Labute approximate surface area is 150 Å². The molecule has 0 fully saturated rings. The van der Waals surface area contributed by atoms with Crippen molar-refractivity contribution in [3.63, 3.8) is 0 Å². The molecular formula is C20H18N4S. The predicted molar refractivity (Wildman–Crippen MR) is 104 cm³/mol. The van der Waals surface area contributed by atoms with E-state index >= 15 is 0 Å². The van der Waals surface area contributed by atoms with Crippen LogP contribution in [-0.2, 0) is 13.0 Å². The number of nitrogens with one attached hydrogen (secondary N) is 1. The number of hydrogen-bond acceptors (Lipinski definition) is 5. The lowest BCUT2D eigenvalue weighted by atomic mass is 10.2. The average Bonchev–Trinajstić information content (AvgIpc) is 3.11. The van der Waals surface area contributed by atoms with Crippen molar-refractivity contribution >= 4 is 27.4 Å². The van der Waals surface area contributed by atoms with Crippen LogP contribution in [0.1, 0.15) is 17.5 Å². The monoisotopic (exact) mass is 346 g/mol. The van der Waals surface area contributed by atoms with Gasteiger partial charge >= 0.3 is 0 Å². The van der Waals surface area contributed by atoms with Gasteiger partial charge in [-0.3, -0.25) is 4.98 Å². The predicted octanol–water partition coefficient (Wildman–Crippen LogP) is 4.93. The molecule has 0 spiro atoms. The maximum atomic E-state index is 4.79. The minimum Gasteiger partial charge on any atom is -0.364 e. The zero-order valence-electron chi connectivity index (χ0n) is 13.9. The van der Waals surface area contributed by atoms with Crippen molar-refractivity contribution in [2.24, 2.45) is 0 Å². The van der Waals surface area contributed by atoms with Crippen molar-refractivity contribution < 1.29 is 0 Å². The van der Waals surface area contributed by atoms with Crippen LogP contribution < -0.4 is 5.32 Å². The molecule has 3 heterocycles. The van der Waals surface area contributed by atoms with Gasteiger partial charge in [0.05, 0.1) is 17.6 Å². The van der Waals surface area contributed by atoms with Crippen LogP contribution in [0.5, 0.6) is 0 Å². The molecule has 0 aliphatic carbocycles. The highest BCUT2D eigenvalue weighted by Gasteiger charge is 2.12. The molecule has 0 unspecified atom stereocenters. The number of rotatable bonds is 5. The zero-order chi connectivity index (χ0) is 17.1. The van der Waals surface area contributed by atoms with Gasteiger partial charge in [0.25, 0.3) is 0 Å². The van der Waals surface area contributed by atoms with Gasteiger partial charge in [-0.2, -0.15) is 0 Å². The normalized spacial score (nSPS) is 10.9. The quantitative estimate of drug-likeness (QED) is 0.557. The van der Waals surface area contributed by atoms with Gasteiger partial charge in [0.1, 0.15) is 10.6 Å². The zero-order valence-corrected chi connectivity index (χ0v) is 14.8. The SMILES string of the molecule is CCc1cc2c(NCc3ccccn3)nc(-c3ccccc3)nc2s1. The van der Waals surface area contributed by atoms with Crippen LogP contribution >= 0.6 is 11.3 Å². The second-order valence-electron chi connectivity index (χ2n) is 5.72. The van der Waals surface area contributed by atoms with E-state index in [9.17, 15) is 0 Å². The molecule has 0 atom stereocenters. The highest BCUT2D eigenvalue weighted by molar-refractivity contribution is 7.18. The molecule has 124 valence electrons. The van der Waals surface area contributed by atoms with Gasteiger partial charge in [0, 0.05) is 16.6 Å². The number of thiophene rings is 1. The van der Waals surface area contributed by atoms with Crippen LogP contribution in [0.15, 0.2) is 60.8 Å². The number of aryl methyl sites for hydroxylation is 1. The Morgan fingerprint density at radius 1 is 1.00 bits per heavy atom. The van der Waals surface area contributed by atoms with E-state index < -0.39 is 0 Å². The summed E-state index contributed by atoms with van der Waals surface area (Å²) in [6.07, 6.45) is 2.81. The number of benzene rings is 1. The van der Waals surface area contributed by atoms with E-state index in [1.165, 1.54) is 4.88 Å². The van der Waals surface area contributed by atoms with Crippen molar-refractivity contribution in [3.05, 3.63) is 71.4 Å². The molecule has 25 heavy (non-hydrogen) atoms. The topological polar surface area (TPSA) is 50.7 Å². The molecule has 3 aromatic heterocycles. The number of fused-ring (bicyclic) bond motifs is 1. The van der Waals surface area contributed by atoms with E-state index in [4.69, 9.17) is 9.97 Å². The number of pyridine rings is 1. The first kappa shape index (κ1) is 15.7. The minimum absolute atomic E-state index is 0.637. The molecule has 5 heteroatoms. The van der Waals surface area contributed by atoms with E-state index in [-0.39, 0.29) is 0 Å². The lowest BCUT2D eigenvalue weighted by Crippen LogP contribution is -2.04. The summed E-state index contributed by atoms with van der Waals surface area (Å²) in [7, 11) is 0. The van der Waals surface area contributed by atoms with E-state index in [1.54, 1.807) is 11.3 Å². The third kappa shape index (κ3) is 3.37. The largest absolute Gasteiger partial charge is 0.364 e. The van der Waals surface area contributed by atoms with Crippen LogP contribution in [-0.4, -0.2) is 15.0 Å². The summed E-state index contributed by atoms with van der Waals surface area (Å²) >= 11 is 1.74. The smallest absolute Gasteiger partial charge is 0.163 e. The molecule has 0 aliphatic rings. The Bertz CT molecular complexity index is 981. The summed E-state index contributed by atoms with van der Waals surface area (Å²) in [5.41, 5.74) is 2.01. The van der Waals surface area contributed by atoms with Crippen LogP contribution in [0, 0.1) is 0 Å². The van der Waals surface area contributed by atoms with Crippen molar-refractivity contribution in [3.8, 4) is 11.4 Å². The molecule has 0 bridgehead atoms. The summed E-state index contributed by atoms with van der Waals surface area (Å²) in [4.78, 5) is 16.3. The van der Waals surface area contributed by atoms with Gasteiger partial charge in [-0.15, -0.1) is 11.3 Å². The lowest BCUT2D eigenvalue weighted by molar-refractivity contribution is 1.03. The second-order valence-corrected chi connectivity index (χ2v) is 6.84. The molecule has 0 radical (unpaired) electrons. The standard InChI is InChI=1S/C20H18N4S/c1-2-16-12-17-19(22-13-15-10-6-7-11-21-15)23-18(24-20(17)25-16)14-8-4-3-5-9-14/h3-12H,2,13H2,1H3,(H,22,23,24). The Morgan fingerprint density at radius 2 is 1.84 bits per heavy atom. The van der Waals surface area contributed by atoms with Gasteiger partial charge in [-0.1, -0.05) is 43.3 Å². The molecule has 0 amide bonds. The third-order valence-electron chi connectivity index (χ3n) is 3.99. The van der Waals surface area contributed by atoms with Crippen LogP contribution in [0.2, 0.25) is 0 Å². The summed E-state index contributed by atoms with van der Waals surface area (Å²) in [5.74, 6) is 1.62. The molecular weight excluding hydrogens is 328 g/mol. The first-order valence-electron chi connectivity index (χ1n) is 8.33. The van der Waals surface area contributed by atoms with Gasteiger partial charge in [0.2, 0.25) is 0 Å². The fraction of sp³-hybridized carbons (Fsp3) is 0.150. The van der Waals surface area contributed by atoms with Gasteiger partial charge in [-0.25, -0.2) is 9.97 Å². The number of hydrogen-bond donors (Lipinski definition) is 1. The third-order valence-corrected chi connectivity index (χ3v) is 5.16. The van der Waals surface area contributed by atoms with Gasteiger partial charge in [-0.05, 0) is 24.6 Å². The maximum Gasteiger partial charge on any atom is 0.163 e. The Kier molecular flexibility index (Phi) is 4.39. The van der Waals surface area contributed by atoms with Crippen LogP contribution in [0.4, 0.5) is 5.82 Å². The lowest BCUT2D eigenvalue weighted by Gasteiger charge is -2.08. The molecule has 1 N–H and O–H groups in total. The second kappa shape index (κ2) is 6.99. The highest BCUT2D eigenvalue weighted by atomic mass is 32.1. The molecule has 0 saturated carbocycles. The molecule has 0 saturated heterocycles. The van der Waals surface area contributed by atoms with Crippen LogP contribution in [0.3, 0.4) is 0 Å². The van der Waals surface area contributed by atoms with Crippen molar-refractivity contribution in [2.45, 2.75) is 19.9 Å². The molecule has 0 aliphatic heterocycles. The van der Waals surface area contributed by atoms with Crippen molar-refractivity contribution in [2.75, 3.05) is 5.32 Å². The van der Waals surface area contributed by atoms with Gasteiger partial charge in [0.15, 0.2) is 5.82 Å². The number of aromatic nitrogens is 3. The minimum atomic E-state index is 0.637. The number of nitrogens with zero attached hydrogens (tertiary/aromatic N) is 3. The van der Waals surface area contributed by atoms with Gasteiger partial charge < -0.3 is 5.32 Å². The maximum absolute atomic E-state index is 4.79. The highest BCUT2D eigenvalue weighted by Crippen LogP contribution is 2.31. The Balaban J connectivity index is 1.76. The molecule has 1 aromatic carbocycles. The fourth-order valence-electron chi connectivity index (χ4n) is 2.67. The Morgan fingerprint density at radius 3 is 2.60 bits per heavy atom. The summed E-state index contributed by atoms with van der Waals surface area (Å²) < 4.78 is 0. The number of anilines is 1. The fourth-order valence-corrected chi connectivity index (χ4v) is 3.64. The van der Waals surface area contributed by atoms with Crippen molar-refractivity contribution in [1.29, 1.82) is 0 Å². The molecule has 4 aromatic rings. The summed E-state index contributed by atoms with van der Waals surface area (Å²) in [5, 5.41) is 4.53. The Hall–Kier alpha value is -2.79. The molecule has 4 nitrogen and oxygen atoms in total. The van der Waals surface area contributed by atoms with E-state index in [1.807, 2.05) is 54.7 Å². The van der Waals surface area contributed by atoms with Crippen molar-refractivity contribution in [1.82, 2.24) is 15.0 Å². The first-order valence-corrected chi connectivity index (χ1v) is 9.15. The summed E-state index contributed by atoms with van der Waals surface area (Å²) in [6, 6.07) is 18.2. The van der Waals surface area contributed by atoms with Crippen LogP contribution in [0.25, 0.3) is 21.6 Å².